The van der Waals surface area contributed by atoms with Crippen molar-refractivity contribution in [1.82, 2.24) is 9.62 Å². The summed E-state index contributed by atoms with van der Waals surface area (Å²) in [6.07, 6.45) is 1.96. The average Bonchev–Trinajstić information content (AvgIpc) is 2.48. The first-order valence-electron chi connectivity index (χ1n) is 6.97. The van der Waals surface area contributed by atoms with E-state index in [9.17, 15) is 8.42 Å². The molecular weight excluding hydrogens is 356 g/mol. The number of piperidine rings is 1. The van der Waals surface area contributed by atoms with Crippen molar-refractivity contribution in [1.29, 1.82) is 0 Å². The second-order valence-corrected chi connectivity index (χ2v) is 7.99. The number of nitrogens with one attached hydrogen (secondary N) is 1. The molecule has 21 heavy (non-hydrogen) atoms. The molecule has 2 rings (SSSR count). The van der Waals surface area contributed by atoms with Crippen LogP contribution in [0.2, 0.25) is 0 Å². The number of sulfonamides is 1. The zero-order valence-corrected chi connectivity index (χ0v) is 14.7. The van der Waals surface area contributed by atoms with Crippen LogP contribution in [0, 0.1) is 5.92 Å². The minimum atomic E-state index is -3.50. The lowest BCUT2D eigenvalue weighted by Crippen LogP contribution is -2.42. The molecule has 0 radical (unpaired) electrons. The van der Waals surface area contributed by atoms with E-state index in [1.165, 1.54) is 7.11 Å². The molecule has 1 fully saturated rings. The molecule has 1 heterocycles. The number of rotatable bonds is 5. The lowest BCUT2D eigenvalue weighted by atomic mass is 10.00. The average molecular weight is 377 g/mol. The van der Waals surface area contributed by atoms with Crippen molar-refractivity contribution in [3.05, 3.63) is 22.7 Å². The first kappa shape index (κ1) is 16.7. The Kier molecular flexibility index (Phi) is 5.65. The molecule has 7 heteroatoms. The van der Waals surface area contributed by atoms with Crippen LogP contribution < -0.4 is 10.1 Å². The van der Waals surface area contributed by atoms with Crippen molar-refractivity contribution in [2.24, 2.45) is 5.92 Å². The van der Waals surface area contributed by atoms with Crippen LogP contribution in [0.1, 0.15) is 12.8 Å². The van der Waals surface area contributed by atoms with Gasteiger partial charge in [-0.2, -0.15) is 4.31 Å². The van der Waals surface area contributed by atoms with Crippen LogP contribution in [0.5, 0.6) is 5.75 Å². The third-order valence-corrected chi connectivity index (χ3v) is 6.59. The summed E-state index contributed by atoms with van der Waals surface area (Å²) in [4.78, 5) is 0.270. The predicted octanol–water partition coefficient (Wildman–Crippen LogP) is 2.08. The Hall–Kier alpha value is -0.630. The minimum Gasteiger partial charge on any atom is -0.497 e. The van der Waals surface area contributed by atoms with E-state index in [-0.39, 0.29) is 4.90 Å². The predicted molar refractivity (Wildman–Crippen MR) is 86.1 cm³/mol. The molecule has 1 atom stereocenters. The SMILES string of the molecule is CNCC1CCCN(S(=O)(=O)c2cc(OC)ccc2Br)C1. The fraction of sp³-hybridized carbons (Fsp3) is 0.571. The fourth-order valence-electron chi connectivity index (χ4n) is 2.65. The van der Waals surface area contributed by atoms with Gasteiger partial charge in [0.15, 0.2) is 0 Å². The van der Waals surface area contributed by atoms with Crippen molar-refractivity contribution in [2.45, 2.75) is 17.7 Å². The Morgan fingerprint density at radius 2 is 2.24 bits per heavy atom. The molecule has 0 spiro atoms. The molecule has 0 bridgehead atoms. The number of halogens is 1. The quantitative estimate of drug-likeness (QED) is 0.854. The number of ether oxygens (including phenoxy) is 1. The van der Waals surface area contributed by atoms with Crippen LogP contribution >= 0.6 is 15.9 Å². The monoisotopic (exact) mass is 376 g/mol. The molecule has 1 aliphatic heterocycles. The molecule has 1 unspecified atom stereocenters. The van der Waals surface area contributed by atoms with Gasteiger partial charge in [0.2, 0.25) is 10.0 Å². The summed E-state index contributed by atoms with van der Waals surface area (Å²) in [7, 11) is -0.0717. The topological polar surface area (TPSA) is 58.6 Å². The van der Waals surface area contributed by atoms with E-state index in [2.05, 4.69) is 21.2 Å². The summed E-state index contributed by atoms with van der Waals surface area (Å²) < 4.78 is 33.0. The maximum absolute atomic E-state index is 12.8. The highest BCUT2D eigenvalue weighted by molar-refractivity contribution is 9.10. The van der Waals surface area contributed by atoms with Gasteiger partial charge in [-0.05, 0) is 60.4 Å². The Morgan fingerprint density at radius 1 is 1.48 bits per heavy atom. The molecule has 1 aromatic carbocycles. The van der Waals surface area contributed by atoms with Gasteiger partial charge in [0.05, 0.1) is 7.11 Å². The van der Waals surface area contributed by atoms with E-state index in [0.717, 1.165) is 19.4 Å². The van der Waals surface area contributed by atoms with Crippen molar-refractivity contribution < 1.29 is 13.2 Å². The Bertz CT molecular complexity index is 590. The van der Waals surface area contributed by atoms with Gasteiger partial charge in [-0.1, -0.05) is 0 Å². The van der Waals surface area contributed by atoms with Gasteiger partial charge < -0.3 is 10.1 Å². The smallest absolute Gasteiger partial charge is 0.244 e. The number of benzene rings is 1. The van der Waals surface area contributed by atoms with Crippen LogP contribution in [0.3, 0.4) is 0 Å². The minimum absolute atomic E-state index is 0.270. The highest BCUT2D eigenvalue weighted by Crippen LogP contribution is 2.31. The van der Waals surface area contributed by atoms with E-state index >= 15 is 0 Å². The fourth-order valence-corrected chi connectivity index (χ4v) is 5.14. The highest BCUT2D eigenvalue weighted by Gasteiger charge is 2.31. The Labute approximate surface area is 134 Å². The summed E-state index contributed by atoms with van der Waals surface area (Å²) in [6, 6.07) is 5.02. The van der Waals surface area contributed by atoms with Crippen LogP contribution in [0.4, 0.5) is 0 Å². The lowest BCUT2D eigenvalue weighted by Gasteiger charge is -2.32. The van der Waals surface area contributed by atoms with Gasteiger partial charge in [0.1, 0.15) is 10.6 Å². The second-order valence-electron chi connectivity index (χ2n) is 5.23. The largest absolute Gasteiger partial charge is 0.497 e. The van der Waals surface area contributed by atoms with Gasteiger partial charge in [-0.3, -0.25) is 0 Å². The maximum Gasteiger partial charge on any atom is 0.244 e. The van der Waals surface area contributed by atoms with E-state index in [1.807, 2.05) is 7.05 Å². The van der Waals surface area contributed by atoms with Crippen LogP contribution in [-0.4, -0.2) is 46.5 Å². The van der Waals surface area contributed by atoms with E-state index in [4.69, 9.17) is 4.74 Å². The first-order valence-corrected chi connectivity index (χ1v) is 9.20. The van der Waals surface area contributed by atoms with E-state index < -0.39 is 10.0 Å². The summed E-state index contributed by atoms with van der Waals surface area (Å²) >= 11 is 3.33. The molecule has 0 aromatic heterocycles. The van der Waals surface area contributed by atoms with Crippen molar-refractivity contribution in [2.75, 3.05) is 33.8 Å². The van der Waals surface area contributed by atoms with Crippen molar-refractivity contribution >= 4 is 26.0 Å². The highest BCUT2D eigenvalue weighted by atomic mass is 79.9. The van der Waals surface area contributed by atoms with E-state index in [1.54, 1.807) is 22.5 Å². The number of methoxy groups -OCH3 is 1. The third-order valence-electron chi connectivity index (χ3n) is 3.73. The number of hydrogen-bond donors (Lipinski definition) is 1. The van der Waals surface area contributed by atoms with Crippen molar-refractivity contribution in [3.8, 4) is 5.75 Å². The van der Waals surface area contributed by atoms with Gasteiger partial charge in [-0.25, -0.2) is 8.42 Å². The van der Waals surface area contributed by atoms with Gasteiger partial charge in [0.25, 0.3) is 0 Å². The third kappa shape index (κ3) is 3.77. The summed E-state index contributed by atoms with van der Waals surface area (Å²) in [6.45, 7) is 1.98. The van der Waals surface area contributed by atoms with Crippen LogP contribution in [0.15, 0.2) is 27.6 Å². The molecule has 1 aliphatic rings. The molecule has 1 saturated heterocycles. The number of nitrogens with zero attached hydrogens (tertiary/aromatic N) is 1. The molecule has 0 aliphatic carbocycles. The molecule has 1 N–H and O–H groups in total. The lowest BCUT2D eigenvalue weighted by molar-refractivity contribution is 0.263. The van der Waals surface area contributed by atoms with Crippen LogP contribution in [-0.2, 0) is 10.0 Å². The molecular formula is C14H21BrN2O3S. The number of hydrogen-bond acceptors (Lipinski definition) is 4. The zero-order chi connectivity index (χ0) is 15.5. The second kappa shape index (κ2) is 7.09. The van der Waals surface area contributed by atoms with E-state index in [0.29, 0.717) is 29.2 Å². The molecule has 0 saturated carbocycles. The molecule has 0 amide bonds. The Balaban J connectivity index is 2.29. The van der Waals surface area contributed by atoms with Crippen molar-refractivity contribution in [3.63, 3.8) is 0 Å². The van der Waals surface area contributed by atoms with Gasteiger partial charge in [-0.15, -0.1) is 0 Å². The van der Waals surface area contributed by atoms with Crippen LogP contribution in [0.25, 0.3) is 0 Å². The maximum atomic E-state index is 12.8. The Morgan fingerprint density at radius 3 is 2.90 bits per heavy atom. The normalized spacial score (nSPS) is 20.4. The van der Waals surface area contributed by atoms with Gasteiger partial charge in [0, 0.05) is 23.6 Å². The molecule has 118 valence electrons. The zero-order valence-electron chi connectivity index (χ0n) is 12.3. The summed E-state index contributed by atoms with van der Waals surface area (Å²) in [5.41, 5.74) is 0. The summed E-state index contributed by atoms with van der Waals surface area (Å²) in [5, 5.41) is 3.13. The van der Waals surface area contributed by atoms with Gasteiger partial charge >= 0.3 is 0 Å². The standard InChI is InChI=1S/C14H21BrN2O3S/c1-16-9-11-4-3-7-17(10-11)21(18,19)14-8-12(20-2)5-6-13(14)15/h5-6,8,11,16H,3-4,7,9-10H2,1-2H3. The first-order chi connectivity index (χ1) is 9.98. The summed E-state index contributed by atoms with van der Waals surface area (Å²) in [5.74, 6) is 0.906. The molecule has 5 nitrogen and oxygen atoms in total. The molecule has 1 aromatic rings.